The fourth-order valence-electron chi connectivity index (χ4n) is 1.53. The smallest absolute Gasteiger partial charge is 0.270 e. The van der Waals surface area contributed by atoms with Crippen LogP contribution in [0.2, 0.25) is 0 Å². The number of hydrogen-bond acceptors (Lipinski definition) is 3. The number of hydrogen-bond donors (Lipinski definition) is 0. The molecule has 1 aromatic heterocycles. The summed E-state index contributed by atoms with van der Waals surface area (Å²) in [6, 6.07) is 3.40. The monoisotopic (exact) mass is 491 g/mol. The molecule has 9 heteroatoms. The number of alkyl halides is 2. The molecule has 0 spiro atoms. The van der Waals surface area contributed by atoms with Crippen LogP contribution in [0.3, 0.4) is 0 Å². The lowest BCUT2D eigenvalue weighted by molar-refractivity contribution is -0.385. The SMILES string of the molecule is O=[N+]([O-])c1ccc(-n2cnc(I)c2I)c(C(F)F)c1. The fourth-order valence-corrected chi connectivity index (χ4v) is 2.44. The van der Waals surface area contributed by atoms with Gasteiger partial charge in [-0.1, -0.05) is 0 Å². The summed E-state index contributed by atoms with van der Waals surface area (Å²) in [7, 11) is 0. The van der Waals surface area contributed by atoms with Gasteiger partial charge in [-0.05, 0) is 51.2 Å². The molecule has 0 atom stereocenters. The lowest BCUT2D eigenvalue weighted by atomic mass is 10.1. The molecule has 0 bridgehead atoms. The van der Waals surface area contributed by atoms with E-state index in [-0.39, 0.29) is 16.9 Å². The number of nitro benzene ring substituents is 1. The molecule has 0 saturated carbocycles. The van der Waals surface area contributed by atoms with Crippen molar-refractivity contribution in [2.45, 2.75) is 6.43 Å². The average molecular weight is 491 g/mol. The number of non-ortho nitro benzene ring substituents is 1. The topological polar surface area (TPSA) is 61.0 Å². The van der Waals surface area contributed by atoms with E-state index in [4.69, 9.17) is 0 Å². The number of nitrogens with zero attached hydrogens (tertiary/aromatic N) is 3. The van der Waals surface area contributed by atoms with Crippen LogP contribution in [-0.2, 0) is 0 Å². The first-order valence-corrected chi connectivity index (χ1v) is 7.02. The highest BCUT2D eigenvalue weighted by Gasteiger charge is 2.20. The highest BCUT2D eigenvalue weighted by Crippen LogP contribution is 2.31. The zero-order chi connectivity index (χ0) is 14.2. The maximum atomic E-state index is 13.0. The first kappa shape index (κ1) is 14.6. The molecule has 5 nitrogen and oxygen atoms in total. The first-order valence-electron chi connectivity index (χ1n) is 4.87. The summed E-state index contributed by atoms with van der Waals surface area (Å²) in [6.07, 6.45) is -1.39. The molecule has 2 rings (SSSR count). The number of benzene rings is 1. The van der Waals surface area contributed by atoms with E-state index in [9.17, 15) is 18.9 Å². The number of aromatic nitrogens is 2. The Balaban J connectivity index is 2.63. The average Bonchev–Trinajstić information content (AvgIpc) is 2.69. The van der Waals surface area contributed by atoms with Gasteiger partial charge in [0.15, 0.2) is 0 Å². The molecule has 0 saturated heterocycles. The normalized spacial score (nSPS) is 11.0. The summed E-state index contributed by atoms with van der Waals surface area (Å²) in [5.41, 5.74) is -0.551. The lowest BCUT2D eigenvalue weighted by Crippen LogP contribution is -2.02. The molecule has 0 aliphatic carbocycles. The molecule has 19 heavy (non-hydrogen) atoms. The number of imidazole rings is 1. The van der Waals surface area contributed by atoms with Gasteiger partial charge in [-0.15, -0.1) is 0 Å². The Kier molecular flexibility index (Phi) is 4.32. The van der Waals surface area contributed by atoms with Crippen molar-refractivity contribution in [2.24, 2.45) is 0 Å². The Morgan fingerprint density at radius 1 is 1.37 bits per heavy atom. The van der Waals surface area contributed by atoms with Crippen molar-refractivity contribution in [3.63, 3.8) is 0 Å². The van der Waals surface area contributed by atoms with E-state index in [2.05, 4.69) is 4.98 Å². The molecule has 1 heterocycles. The summed E-state index contributed by atoms with van der Waals surface area (Å²) < 4.78 is 28.9. The van der Waals surface area contributed by atoms with Gasteiger partial charge >= 0.3 is 0 Å². The van der Waals surface area contributed by atoms with Gasteiger partial charge in [0, 0.05) is 17.7 Å². The van der Waals surface area contributed by atoms with Gasteiger partial charge in [-0.2, -0.15) is 0 Å². The van der Waals surface area contributed by atoms with Gasteiger partial charge in [-0.25, -0.2) is 13.8 Å². The van der Waals surface area contributed by atoms with Crippen LogP contribution in [0, 0.1) is 17.5 Å². The van der Waals surface area contributed by atoms with Crippen molar-refractivity contribution >= 4 is 50.9 Å². The zero-order valence-corrected chi connectivity index (χ0v) is 13.4. The van der Waals surface area contributed by atoms with Crippen LogP contribution in [0.1, 0.15) is 12.0 Å². The van der Waals surface area contributed by atoms with Crippen LogP contribution in [0.5, 0.6) is 0 Å². The number of halogens is 4. The maximum Gasteiger partial charge on any atom is 0.270 e. The minimum absolute atomic E-state index is 0.195. The first-order chi connectivity index (χ1) is 8.91. The highest BCUT2D eigenvalue weighted by atomic mass is 127. The third kappa shape index (κ3) is 2.85. The maximum absolute atomic E-state index is 13.0. The van der Waals surface area contributed by atoms with Crippen molar-refractivity contribution in [3.05, 3.63) is 47.6 Å². The van der Waals surface area contributed by atoms with Crippen molar-refractivity contribution in [1.82, 2.24) is 9.55 Å². The van der Waals surface area contributed by atoms with Crippen LogP contribution >= 0.6 is 45.2 Å². The van der Waals surface area contributed by atoms with Gasteiger partial charge in [-0.3, -0.25) is 14.7 Å². The van der Waals surface area contributed by atoms with Crippen molar-refractivity contribution in [2.75, 3.05) is 0 Å². The van der Waals surface area contributed by atoms with E-state index < -0.39 is 11.3 Å². The molecule has 0 N–H and O–H groups in total. The van der Waals surface area contributed by atoms with Crippen LogP contribution in [0.15, 0.2) is 24.5 Å². The van der Waals surface area contributed by atoms with E-state index in [1.165, 1.54) is 23.0 Å². The van der Waals surface area contributed by atoms with Gasteiger partial charge in [0.2, 0.25) is 0 Å². The highest BCUT2D eigenvalue weighted by molar-refractivity contribution is 14.1. The second kappa shape index (κ2) is 5.64. The van der Waals surface area contributed by atoms with Gasteiger partial charge in [0.25, 0.3) is 12.1 Å². The summed E-state index contributed by atoms with van der Waals surface area (Å²) in [5.74, 6) is 0. The van der Waals surface area contributed by atoms with E-state index >= 15 is 0 Å². The molecule has 0 fully saturated rings. The third-order valence-corrected chi connectivity index (χ3v) is 5.24. The summed E-state index contributed by atoms with van der Waals surface area (Å²) in [6.45, 7) is 0. The van der Waals surface area contributed by atoms with E-state index in [0.717, 1.165) is 6.07 Å². The second-order valence-electron chi connectivity index (χ2n) is 3.50. The van der Waals surface area contributed by atoms with Crippen molar-refractivity contribution in [3.8, 4) is 5.69 Å². The molecular formula is C10H5F2I2N3O2. The number of rotatable bonds is 3. The van der Waals surface area contributed by atoms with Crippen molar-refractivity contribution in [1.29, 1.82) is 0 Å². The zero-order valence-electron chi connectivity index (χ0n) is 9.06. The minimum Gasteiger partial charge on any atom is -0.293 e. The van der Waals surface area contributed by atoms with Crippen LogP contribution in [0.4, 0.5) is 14.5 Å². The van der Waals surface area contributed by atoms with Gasteiger partial charge in [0.05, 0.1) is 10.6 Å². The van der Waals surface area contributed by atoms with Crippen LogP contribution in [-0.4, -0.2) is 14.5 Å². The molecule has 0 aliphatic rings. The minimum atomic E-state index is -2.80. The Morgan fingerprint density at radius 3 is 2.53 bits per heavy atom. The molecule has 0 amide bonds. The Morgan fingerprint density at radius 2 is 2.05 bits per heavy atom. The molecular weight excluding hydrogens is 486 g/mol. The molecule has 0 radical (unpaired) electrons. The molecule has 0 aliphatic heterocycles. The lowest BCUT2D eigenvalue weighted by Gasteiger charge is -2.10. The Hall–Kier alpha value is -0.850. The quantitative estimate of drug-likeness (QED) is 0.372. The van der Waals surface area contributed by atoms with Gasteiger partial charge < -0.3 is 0 Å². The molecule has 100 valence electrons. The summed E-state index contributed by atoms with van der Waals surface area (Å²) >= 11 is 3.96. The Labute approximate surface area is 133 Å². The predicted molar refractivity (Wildman–Crippen MR) is 80.6 cm³/mol. The van der Waals surface area contributed by atoms with Gasteiger partial charge in [0.1, 0.15) is 13.7 Å². The summed E-state index contributed by atoms with van der Waals surface area (Å²) in [4.78, 5) is 14.0. The number of nitro groups is 1. The van der Waals surface area contributed by atoms with Crippen molar-refractivity contribution < 1.29 is 13.7 Å². The summed E-state index contributed by atoms with van der Waals surface area (Å²) in [5, 5.41) is 10.6. The predicted octanol–water partition coefficient (Wildman–Crippen LogP) is 3.93. The fraction of sp³-hybridized carbons (Fsp3) is 0.100. The van der Waals surface area contributed by atoms with E-state index in [0.29, 0.717) is 7.40 Å². The molecule has 1 aromatic carbocycles. The van der Waals surface area contributed by atoms with E-state index in [1.54, 1.807) is 0 Å². The Bertz CT molecular complexity index is 646. The largest absolute Gasteiger partial charge is 0.293 e. The third-order valence-electron chi connectivity index (χ3n) is 2.38. The molecule has 2 aromatic rings. The van der Waals surface area contributed by atoms with Crippen LogP contribution in [0.25, 0.3) is 5.69 Å². The molecule has 0 unspecified atom stereocenters. The standard InChI is InChI=1S/C10H5F2I2N3O2/c11-8(12)6-3-5(17(18)19)1-2-7(6)16-4-15-9(13)10(16)14/h1-4,8H. The van der Waals surface area contributed by atoms with E-state index in [1.807, 2.05) is 45.2 Å². The van der Waals surface area contributed by atoms with Crippen LogP contribution < -0.4 is 0 Å². The second-order valence-corrected chi connectivity index (χ2v) is 5.54.